The fourth-order valence-corrected chi connectivity index (χ4v) is 4.90. The Labute approximate surface area is 217 Å². The lowest BCUT2D eigenvalue weighted by Gasteiger charge is -2.29. The topological polar surface area (TPSA) is 96.0 Å². The Bertz CT molecular complexity index is 1130. The first-order valence-electron chi connectivity index (χ1n) is 11.1. The van der Waals surface area contributed by atoms with Crippen molar-refractivity contribution >= 4 is 50.7 Å². The van der Waals surface area contributed by atoms with Crippen molar-refractivity contribution in [1.82, 2.24) is 10.2 Å². The van der Waals surface area contributed by atoms with Crippen LogP contribution in [0.25, 0.3) is 0 Å². The maximum absolute atomic E-state index is 13.2. The Balaban J connectivity index is 2.19. The first kappa shape index (κ1) is 28.7. The van der Waals surface area contributed by atoms with Gasteiger partial charge in [0, 0.05) is 31.1 Å². The fraction of sp³-hybridized carbons (Fsp3) is 0.417. The van der Waals surface area contributed by atoms with E-state index < -0.39 is 16.1 Å². The highest BCUT2D eigenvalue weighted by Crippen LogP contribution is 2.31. The Kier molecular flexibility index (Phi) is 10.7. The predicted molar refractivity (Wildman–Crippen MR) is 140 cm³/mol. The van der Waals surface area contributed by atoms with Crippen molar-refractivity contribution in [3.63, 3.8) is 0 Å². The van der Waals surface area contributed by atoms with Gasteiger partial charge >= 0.3 is 0 Å². The number of benzene rings is 2. The third kappa shape index (κ3) is 8.30. The Morgan fingerprint density at radius 1 is 1.11 bits per heavy atom. The molecule has 192 valence electrons. The first-order chi connectivity index (χ1) is 16.5. The molecule has 2 rings (SSSR count). The molecule has 0 aliphatic carbocycles. The van der Waals surface area contributed by atoms with Crippen molar-refractivity contribution < 1.29 is 22.7 Å². The molecular formula is C24H31Cl2N3O5S. The lowest BCUT2D eigenvalue weighted by atomic mass is 10.1. The van der Waals surface area contributed by atoms with Crippen LogP contribution in [0, 0.1) is 0 Å². The Hall–Kier alpha value is -2.49. The third-order valence-corrected chi connectivity index (χ3v) is 7.09. The van der Waals surface area contributed by atoms with Gasteiger partial charge in [-0.3, -0.25) is 13.9 Å². The normalized spacial score (nSPS) is 12.1. The lowest BCUT2D eigenvalue weighted by Crippen LogP contribution is -2.47. The molecule has 8 nitrogen and oxygen atoms in total. The van der Waals surface area contributed by atoms with Crippen LogP contribution in [0.5, 0.6) is 5.75 Å². The van der Waals surface area contributed by atoms with Gasteiger partial charge in [-0.1, -0.05) is 35.3 Å². The van der Waals surface area contributed by atoms with Crippen LogP contribution in [0.15, 0.2) is 42.5 Å². The van der Waals surface area contributed by atoms with E-state index in [2.05, 4.69) is 5.32 Å². The Morgan fingerprint density at radius 2 is 1.77 bits per heavy atom. The number of anilines is 1. The van der Waals surface area contributed by atoms with Crippen LogP contribution in [-0.2, 0) is 26.2 Å². The van der Waals surface area contributed by atoms with Gasteiger partial charge in [-0.15, -0.1) is 0 Å². The van der Waals surface area contributed by atoms with Gasteiger partial charge in [0.05, 0.1) is 24.1 Å². The van der Waals surface area contributed by atoms with Crippen LogP contribution >= 0.6 is 23.2 Å². The number of halogens is 2. The lowest BCUT2D eigenvalue weighted by molar-refractivity contribution is -0.140. The molecule has 0 aromatic heterocycles. The highest BCUT2D eigenvalue weighted by atomic mass is 35.5. The number of sulfonamides is 1. The molecule has 35 heavy (non-hydrogen) atoms. The van der Waals surface area contributed by atoms with Crippen LogP contribution in [0.4, 0.5) is 5.69 Å². The second kappa shape index (κ2) is 13.0. The van der Waals surface area contributed by atoms with Gasteiger partial charge in [0.1, 0.15) is 11.8 Å². The molecule has 1 atom stereocenters. The summed E-state index contributed by atoms with van der Waals surface area (Å²) in [6.45, 7) is 4.16. The highest BCUT2D eigenvalue weighted by Gasteiger charge is 2.27. The molecule has 0 saturated heterocycles. The summed E-state index contributed by atoms with van der Waals surface area (Å²) < 4.78 is 31.2. The summed E-state index contributed by atoms with van der Waals surface area (Å²) in [6.07, 6.45) is 1.32. The van der Waals surface area contributed by atoms with Gasteiger partial charge < -0.3 is 15.0 Å². The number of nitrogens with one attached hydrogen (secondary N) is 1. The van der Waals surface area contributed by atoms with E-state index in [1.165, 1.54) is 17.0 Å². The molecule has 1 N–H and O–H groups in total. The maximum atomic E-state index is 13.2. The number of ether oxygens (including phenoxy) is 1. The molecule has 0 spiro atoms. The summed E-state index contributed by atoms with van der Waals surface area (Å²) >= 11 is 12.3. The number of amides is 2. The summed E-state index contributed by atoms with van der Waals surface area (Å²) in [5.41, 5.74) is 1.08. The van der Waals surface area contributed by atoms with E-state index in [0.29, 0.717) is 17.3 Å². The van der Waals surface area contributed by atoms with Crippen molar-refractivity contribution in [2.24, 2.45) is 0 Å². The van der Waals surface area contributed by atoms with Gasteiger partial charge in [0.15, 0.2) is 0 Å². The highest BCUT2D eigenvalue weighted by molar-refractivity contribution is 7.92. The van der Waals surface area contributed by atoms with E-state index in [-0.39, 0.29) is 48.5 Å². The molecule has 0 fully saturated rings. The van der Waals surface area contributed by atoms with Crippen LogP contribution in [0.1, 0.15) is 32.3 Å². The molecule has 0 aliphatic rings. The second-order valence-electron chi connectivity index (χ2n) is 7.97. The standard InChI is InChI=1S/C24H31Cl2N3O5S/c1-5-27-24(31)17(2)28(16-18-8-11-20(34-3)12-9-18)23(30)7-6-14-29(35(4,32)33)22-15-19(25)10-13-21(22)26/h8-13,15,17H,5-7,14,16H2,1-4H3,(H,27,31)/t17-/m1/s1. The SMILES string of the molecule is CCNC(=O)[C@@H](C)N(Cc1ccc(OC)cc1)C(=O)CCCN(c1cc(Cl)ccc1Cl)S(C)(=O)=O. The van der Waals surface area contributed by atoms with E-state index >= 15 is 0 Å². The average molecular weight is 545 g/mol. The molecular weight excluding hydrogens is 513 g/mol. The van der Waals surface area contributed by atoms with Gasteiger partial charge in [-0.25, -0.2) is 8.42 Å². The van der Waals surface area contributed by atoms with Gasteiger partial charge in [0.25, 0.3) is 0 Å². The van der Waals surface area contributed by atoms with Crippen molar-refractivity contribution in [2.45, 2.75) is 39.3 Å². The number of hydrogen-bond donors (Lipinski definition) is 1. The molecule has 2 aromatic rings. The average Bonchev–Trinajstić information content (AvgIpc) is 2.81. The van der Waals surface area contributed by atoms with E-state index in [9.17, 15) is 18.0 Å². The van der Waals surface area contributed by atoms with E-state index in [1.54, 1.807) is 39.2 Å². The number of rotatable bonds is 12. The van der Waals surface area contributed by atoms with Gasteiger partial charge in [0.2, 0.25) is 21.8 Å². The van der Waals surface area contributed by atoms with E-state index in [1.807, 2.05) is 12.1 Å². The molecule has 2 aromatic carbocycles. The molecule has 2 amide bonds. The number of hydrogen-bond acceptors (Lipinski definition) is 5. The fourth-order valence-electron chi connectivity index (χ4n) is 3.49. The number of carbonyl (C=O) groups is 2. The smallest absolute Gasteiger partial charge is 0.242 e. The first-order valence-corrected chi connectivity index (χ1v) is 13.7. The van der Waals surface area contributed by atoms with Crippen LogP contribution in [0.2, 0.25) is 10.0 Å². The monoisotopic (exact) mass is 543 g/mol. The molecule has 11 heteroatoms. The molecule has 0 saturated carbocycles. The minimum Gasteiger partial charge on any atom is -0.497 e. The van der Waals surface area contributed by atoms with Crippen molar-refractivity contribution in [3.05, 3.63) is 58.1 Å². The zero-order valence-electron chi connectivity index (χ0n) is 20.3. The third-order valence-electron chi connectivity index (χ3n) is 5.36. The summed E-state index contributed by atoms with van der Waals surface area (Å²) in [5, 5.41) is 3.32. The van der Waals surface area contributed by atoms with E-state index in [0.717, 1.165) is 16.1 Å². The Morgan fingerprint density at radius 3 is 2.34 bits per heavy atom. The summed E-state index contributed by atoms with van der Waals surface area (Å²) in [5.74, 6) is 0.145. The molecule has 0 bridgehead atoms. The molecule has 0 unspecified atom stereocenters. The molecule has 0 radical (unpaired) electrons. The van der Waals surface area contributed by atoms with Crippen molar-refractivity contribution in [1.29, 1.82) is 0 Å². The molecule has 0 aliphatic heterocycles. The van der Waals surface area contributed by atoms with Crippen molar-refractivity contribution in [3.8, 4) is 5.75 Å². The van der Waals surface area contributed by atoms with Gasteiger partial charge in [-0.2, -0.15) is 0 Å². The van der Waals surface area contributed by atoms with Crippen LogP contribution < -0.4 is 14.4 Å². The quantitative estimate of drug-likeness (QED) is 0.434. The molecule has 0 heterocycles. The summed E-state index contributed by atoms with van der Waals surface area (Å²) in [4.78, 5) is 27.2. The largest absolute Gasteiger partial charge is 0.497 e. The minimum atomic E-state index is -3.68. The number of methoxy groups -OCH3 is 1. The number of nitrogens with zero attached hydrogens (tertiary/aromatic N) is 2. The van der Waals surface area contributed by atoms with Crippen LogP contribution in [0.3, 0.4) is 0 Å². The number of likely N-dealkylation sites (N-methyl/N-ethyl adjacent to an activating group) is 1. The van der Waals surface area contributed by atoms with Gasteiger partial charge in [-0.05, 0) is 56.2 Å². The van der Waals surface area contributed by atoms with Crippen molar-refractivity contribution in [2.75, 3.05) is 30.8 Å². The van der Waals surface area contributed by atoms with Crippen LogP contribution in [-0.4, -0.2) is 57.6 Å². The second-order valence-corrected chi connectivity index (χ2v) is 10.7. The summed E-state index contributed by atoms with van der Waals surface area (Å²) in [7, 11) is -2.11. The zero-order valence-corrected chi connectivity index (χ0v) is 22.6. The minimum absolute atomic E-state index is 0.0244. The summed E-state index contributed by atoms with van der Waals surface area (Å²) in [6, 6.07) is 11.1. The predicted octanol–water partition coefficient (Wildman–Crippen LogP) is 4.10. The van der Waals surface area contributed by atoms with E-state index in [4.69, 9.17) is 27.9 Å². The number of carbonyl (C=O) groups excluding carboxylic acids is 2. The zero-order chi connectivity index (χ0) is 26.2. The maximum Gasteiger partial charge on any atom is 0.242 e.